The average Bonchev–Trinajstić information content (AvgIpc) is 3.18. The van der Waals surface area contributed by atoms with Crippen LogP contribution in [0.25, 0.3) is 0 Å². The van der Waals surface area contributed by atoms with Crippen molar-refractivity contribution in [1.29, 1.82) is 5.41 Å². The van der Waals surface area contributed by atoms with Gasteiger partial charge in [-0.15, -0.1) is 0 Å². The minimum Gasteiger partial charge on any atom is -0.458 e. The quantitative estimate of drug-likeness (QED) is 0.601. The summed E-state index contributed by atoms with van der Waals surface area (Å²) in [6, 6.07) is 0. The van der Waals surface area contributed by atoms with Crippen molar-refractivity contribution in [3.63, 3.8) is 0 Å². The predicted molar refractivity (Wildman–Crippen MR) is 111 cm³/mol. The fourth-order valence-corrected chi connectivity index (χ4v) is 9.14. The lowest BCUT2D eigenvalue weighted by molar-refractivity contribution is -0.173. The molecule has 0 aromatic heterocycles. The van der Waals surface area contributed by atoms with Crippen molar-refractivity contribution < 1.29 is 9.53 Å². The first-order valence-electron chi connectivity index (χ1n) is 11.9. The lowest BCUT2D eigenvalue weighted by Crippen LogP contribution is -2.56. The number of nitrogens with one attached hydrogen (secondary N) is 1. The first-order valence-corrected chi connectivity index (χ1v) is 11.9. The molecule has 0 aromatic rings. The third kappa shape index (κ3) is 2.34. The molecule has 0 amide bonds. The number of carbonyl (C=O) groups is 1. The minimum atomic E-state index is -0.170. The Morgan fingerprint density at radius 2 is 2.04 bits per heavy atom. The molecule has 1 aliphatic heterocycles. The van der Waals surface area contributed by atoms with Crippen LogP contribution in [0, 0.1) is 46.3 Å². The number of carbonyl (C=O) groups excluding carboxylic acids is 1. The molecule has 5 aliphatic rings. The molecule has 1 N–H and O–H groups in total. The zero-order chi connectivity index (χ0) is 19.7. The van der Waals surface area contributed by atoms with Crippen molar-refractivity contribution in [1.82, 2.24) is 0 Å². The van der Waals surface area contributed by atoms with E-state index in [2.05, 4.69) is 26.8 Å². The molecule has 3 heteroatoms. The van der Waals surface area contributed by atoms with E-state index in [4.69, 9.17) is 10.1 Å². The van der Waals surface area contributed by atoms with Gasteiger partial charge in [-0.05, 0) is 93.0 Å². The Bertz CT molecular complexity index is 726. The smallest absolute Gasteiger partial charge is 0.306 e. The van der Waals surface area contributed by atoms with Crippen LogP contribution in [-0.2, 0) is 9.53 Å². The van der Waals surface area contributed by atoms with Gasteiger partial charge in [0.15, 0.2) is 0 Å². The second-order valence-corrected chi connectivity index (χ2v) is 10.7. The molecular formula is C25H37NO2. The Morgan fingerprint density at radius 3 is 2.71 bits per heavy atom. The Balaban J connectivity index is 1.57. The number of ether oxygens (including phenoxy) is 1. The molecule has 5 rings (SSSR count). The monoisotopic (exact) mass is 383 g/mol. The van der Waals surface area contributed by atoms with E-state index in [1.165, 1.54) is 32.1 Å². The zero-order valence-corrected chi connectivity index (χ0v) is 17.9. The van der Waals surface area contributed by atoms with Crippen LogP contribution in [-0.4, -0.2) is 17.3 Å². The molecule has 154 valence electrons. The second-order valence-electron chi connectivity index (χ2n) is 10.7. The molecule has 3 nitrogen and oxygen atoms in total. The summed E-state index contributed by atoms with van der Waals surface area (Å²) < 4.78 is 6.23. The number of allylic oxidation sites excluding steroid dienone is 2. The topological polar surface area (TPSA) is 50.2 Å². The molecule has 1 saturated heterocycles. The summed E-state index contributed by atoms with van der Waals surface area (Å²) in [6.45, 7) is 7.22. The van der Waals surface area contributed by atoms with Gasteiger partial charge in [-0.3, -0.25) is 4.79 Å². The lowest BCUT2D eigenvalue weighted by Gasteiger charge is -2.59. The van der Waals surface area contributed by atoms with Crippen LogP contribution in [0.5, 0.6) is 0 Å². The maximum absolute atomic E-state index is 12.2. The summed E-state index contributed by atoms with van der Waals surface area (Å²) in [5.74, 6) is 4.43. The van der Waals surface area contributed by atoms with Gasteiger partial charge in [0.1, 0.15) is 5.60 Å². The number of rotatable bonds is 2. The molecule has 4 aliphatic carbocycles. The van der Waals surface area contributed by atoms with Gasteiger partial charge in [0.2, 0.25) is 0 Å². The van der Waals surface area contributed by atoms with E-state index >= 15 is 0 Å². The van der Waals surface area contributed by atoms with Gasteiger partial charge in [-0.25, -0.2) is 0 Å². The molecule has 6 unspecified atom stereocenters. The van der Waals surface area contributed by atoms with Crippen LogP contribution in [0.15, 0.2) is 11.6 Å². The summed E-state index contributed by atoms with van der Waals surface area (Å²) in [5.41, 5.74) is 2.48. The Morgan fingerprint density at radius 1 is 1.21 bits per heavy atom. The van der Waals surface area contributed by atoms with Crippen molar-refractivity contribution in [2.45, 2.75) is 90.6 Å². The van der Waals surface area contributed by atoms with Crippen molar-refractivity contribution in [3.8, 4) is 0 Å². The van der Waals surface area contributed by atoms with Crippen LogP contribution in [0.3, 0.4) is 0 Å². The average molecular weight is 384 g/mol. The van der Waals surface area contributed by atoms with Crippen LogP contribution in [0.1, 0.15) is 85.0 Å². The number of fused-ring (bicyclic) bond motifs is 6. The Labute approximate surface area is 170 Å². The predicted octanol–water partition coefficient (Wildman–Crippen LogP) is 5.93. The van der Waals surface area contributed by atoms with Gasteiger partial charge in [0.25, 0.3) is 0 Å². The molecular weight excluding hydrogens is 346 g/mol. The highest BCUT2D eigenvalue weighted by molar-refractivity contribution is 5.93. The number of hydrogen-bond donors (Lipinski definition) is 1. The highest BCUT2D eigenvalue weighted by atomic mass is 16.6. The maximum atomic E-state index is 12.2. The van der Waals surface area contributed by atoms with Crippen molar-refractivity contribution in [3.05, 3.63) is 11.6 Å². The molecule has 1 heterocycles. The SMILES string of the molecule is CCC1CC2=CC(=N)CCC2C2CC[C@@]3(CC)C(C12)[C@@H](C)CC31CCC(=O)O1. The third-order valence-corrected chi connectivity index (χ3v) is 9.96. The summed E-state index contributed by atoms with van der Waals surface area (Å²) in [5, 5.41) is 8.18. The van der Waals surface area contributed by atoms with E-state index in [-0.39, 0.29) is 17.0 Å². The molecule has 8 atom stereocenters. The largest absolute Gasteiger partial charge is 0.458 e. The molecule has 28 heavy (non-hydrogen) atoms. The van der Waals surface area contributed by atoms with Crippen LogP contribution < -0.4 is 0 Å². The van der Waals surface area contributed by atoms with Gasteiger partial charge < -0.3 is 10.1 Å². The summed E-state index contributed by atoms with van der Waals surface area (Å²) in [4.78, 5) is 12.2. The number of hydrogen-bond acceptors (Lipinski definition) is 3. The first-order chi connectivity index (χ1) is 13.4. The molecule has 0 bridgehead atoms. The highest BCUT2D eigenvalue weighted by Gasteiger charge is 2.70. The first kappa shape index (κ1) is 18.9. The summed E-state index contributed by atoms with van der Waals surface area (Å²) in [6.07, 6.45) is 13.2. The molecule has 3 saturated carbocycles. The summed E-state index contributed by atoms with van der Waals surface area (Å²) in [7, 11) is 0. The molecule has 4 fully saturated rings. The van der Waals surface area contributed by atoms with Gasteiger partial charge >= 0.3 is 5.97 Å². The van der Waals surface area contributed by atoms with Crippen LogP contribution in [0.4, 0.5) is 0 Å². The second kappa shape index (κ2) is 6.44. The van der Waals surface area contributed by atoms with E-state index in [0.29, 0.717) is 24.2 Å². The summed E-state index contributed by atoms with van der Waals surface area (Å²) >= 11 is 0. The normalized spacial score (nSPS) is 50.0. The standard InChI is InChI=1S/C25H37NO2/c1-4-16-12-17-13-18(26)6-7-19(17)20-8-10-24(5-2)23(22(16)20)15(3)14-25(24)11-9-21(27)28-25/h13,15-16,19-20,22-23,26H,4-12,14H2,1-3H3/t15-,16?,19?,20?,22?,23?,24-,25?/m0/s1. The van der Waals surface area contributed by atoms with Gasteiger partial charge in [-0.1, -0.05) is 32.8 Å². The van der Waals surface area contributed by atoms with Gasteiger partial charge in [-0.2, -0.15) is 0 Å². The zero-order valence-electron chi connectivity index (χ0n) is 17.9. The van der Waals surface area contributed by atoms with E-state index < -0.39 is 0 Å². The fourth-order valence-electron chi connectivity index (χ4n) is 9.14. The van der Waals surface area contributed by atoms with Crippen LogP contribution in [0.2, 0.25) is 0 Å². The highest BCUT2D eigenvalue weighted by Crippen LogP contribution is 2.71. The number of esters is 1. The Hall–Kier alpha value is -1.12. The minimum absolute atomic E-state index is 0.0505. The Kier molecular flexibility index (Phi) is 4.34. The van der Waals surface area contributed by atoms with Crippen LogP contribution >= 0.6 is 0 Å². The van der Waals surface area contributed by atoms with Gasteiger partial charge in [0, 0.05) is 17.5 Å². The molecule has 0 aromatic carbocycles. The van der Waals surface area contributed by atoms with Crippen molar-refractivity contribution in [2.75, 3.05) is 0 Å². The fraction of sp³-hybridized carbons (Fsp3) is 0.840. The molecule has 1 spiro atoms. The maximum Gasteiger partial charge on any atom is 0.306 e. The van der Waals surface area contributed by atoms with Crippen molar-refractivity contribution in [2.24, 2.45) is 40.9 Å². The van der Waals surface area contributed by atoms with E-state index in [1.807, 2.05) is 0 Å². The lowest BCUT2D eigenvalue weighted by atomic mass is 9.46. The van der Waals surface area contributed by atoms with E-state index in [0.717, 1.165) is 49.1 Å². The molecule has 0 radical (unpaired) electrons. The van der Waals surface area contributed by atoms with E-state index in [1.54, 1.807) is 5.57 Å². The van der Waals surface area contributed by atoms with Crippen molar-refractivity contribution >= 4 is 11.7 Å². The third-order valence-electron chi connectivity index (χ3n) is 9.96. The van der Waals surface area contributed by atoms with Gasteiger partial charge in [0.05, 0.1) is 0 Å². The van der Waals surface area contributed by atoms with E-state index in [9.17, 15) is 4.79 Å².